The predicted octanol–water partition coefficient (Wildman–Crippen LogP) is 1.12. The molecule has 0 bridgehead atoms. The van der Waals surface area contributed by atoms with Crippen LogP contribution >= 0.6 is 0 Å². The molecule has 1 aromatic carbocycles. The van der Waals surface area contributed by atoms with E-state index in [1.165, 1.54) is 5.56 Å². The molecule has 1 aromatic rings. The molecular weight excluding hydrogens is 228 g/mol. The van der Waals surface area contributed by atoms with Gasteiger partial charge in [-0.25, -0.2) is 4.79 Å². The highest BCUT2D eigenvalue weighted by molar-refractivity contribution is 5.87. The molecule has 0 saturated carbocycles. The minimum atomic E-state index is -0.868. The summed E-state index contributed by atoms with van der Waals surface area (Å²) in [5.41, 5.74) is 1.55. The van der Waals surface area contributed by atoms with Gasteiger partial charge in [-0.2, -0.15) is 0 Å². The highest BCUT2D eigenvalue weighted by Gasteiger charge is 2.19. The van der Waals surface area contributed by atoms with Crippen molar-refractivity contribution in [2.75, 3.05) is 19.6 Å². The number of carboxylic acids is 1. The van der Waals surface area contributed by atoms with E-state index in [1.807, 2.05) is 12.1 Å². The zero-order valence-corrected chi connectivity index (χ0v) is 10.6. The van der Waals surface area contributed by atoms with Crippen LogP contribution in [0.5, 0.6) is 0 Å². The fourth-order valence-corrected chi connectivity index (χ4v) is 2.38. The summed E-state index contributed by atoms with van der Waals surface area (Å²) < 4.78 is 0. The lowest BCUT2D eigenvalue weighted by atomic mass is 9.92. The van der Waals surface area contributed by atoms with Crippen LogP contribution in [-0.2, 0) is 6.42 Å². The molecule has 1 aliphatic rings. The van der Waals surface area contributed by atoms with Crippen molar-refractivity contribution in [1.29, 1.82) is 0 Å². The average Bonchev–Trinajstić information content (AvgIpc) is 2.40. The smallest absolute Gasteiger partial charge is 0.335 e. The Hall–Kier alpha value is -1.39. The van der Waals surface area contributed by atoms with Gasteiger partial charge in [-0.3, -0.25) is 0 Å². The highest BCUT2D eigenvalue weighted by atomic mass is 16.4. The van der Waals surface area contributed by atoms with Crippen LogP contribution in [0, 0.1) is 5.92 Å². The quantitative estimate of drug-likeness (QED) is 0.747. The lowest BCUT2D eigenvalue weighted by molar-refractivity contribution is 0.0697. The summed E-state index contributed by atoms with van der Waals surface area (Å²) in [5.74, 6) is -0.332. The summed E-state index contributed by atoms with van der Waals surface area (Å²) in [7, 11) is 0. The minimum Gasteiger partial charge on any atom is -0.478 e. The molecule has 1 heterocycles. The maximum Gasteiger partial charge on any atom is 0.335 e. The van der Waals surface area contributed by atoms with E-state index in [9.17, 15) is 4.79 Å². The summed E-state index contributed by atoms with van der Waals surface area (Å²) in [5, 5.41) is 15.7. The molecule has 1 aliphatic heterocycles. The molecule has 4 heteroatoms. The lowest BCUT2D eigenvalue weighted by Gasteiger charge is -2.29. The molecule has 0 spiro atoms. The average molecular weight is 248 g/mol. The maximum absolute atomic E-state index is 10.8. The summed E-state index contributed by atoms with van der Waals surface area (Å²) >= 11 is 0. The number of carboxylic acid groups (broad SMARTS) is 1. The Morgan fingerprint density at radius 1 is 1.39 bits per heavy atom. The topological polar surface area (TPSA) is 61.4 Å². The molecular formula is C14H20N2O2. The number of hydrogen-bond acceptors (Lipinski definition) is 3. The van der Waals surface area contributed by atoms with E-state index >= 15 is 0 Å². The molecule has 1 fully saturated rings. The molecule has 2 rings (SSSR count). The van der Waals surface area contributed by atoms with E-state index in [-0.39, 0.29) is 0 Å². The van der Waals surface area contributed by atoms with Gasteiger partial charge in [-0.1, -0.05) is 19.1 Å². The second-order valence-corrected chi connectivity index (χ2v) is 4.95. The molecule has 4 nitrogen and oxygen atoms in total. The molecule has 1 saturated heterocycles. The molecule has 0 aliphatic carbocycles. The maximum atomic E-state index is 10.8. The van der Waals surface area contributed by atoms with Crippen molar-refractivity contribution in [2.45, 2.75) is 19.4 Å². The van der Waals surface area contributed by atoms with Gasteiger partial charge in [0.25, 0.3) is 0 Å². The third kappa shape index (κ3) is 3.31. The Kier molecular flexibility index (Phi) is 4.33. The third-order valence-corrected chi connectivity index (χ3v) is 3.52. The molecule has 0 radical (unpaired) electrons. The van der Waals surface area contributed by atoms with Crippen molar-refractivity contribution >= 4 is 5.97 Å². The van der Waals surface area contributed by atoms with Gasteiger partial charge in [0.05, 0.1) is 5.56 Å². The highest BCUT2D eigenvalue weighted by Crippen LogP contribution is 2.14. The number of aromatic carboxylic acids is 1. The van der Waals surface area contributed by atoms with Crippen LogP contribution in [0.2, 0.25) is 0 Å². The van der Waals surface area contributed by atoms with Crippen molar-refractivity contribution in [3.05, 3.63) is 35.4 Å². The lowest BCUT2D eigenvalue weighted by Crippen LogP contribution is -2.51. The fraction of sp³-hybridized carbons (Fsp3) is 0.500. The fourth-order valence-electron chi connectivity index (χ4n) is 2.38. The summed E-state index contributed by atoms with van der Waals surface area (Å²) in [6, 6.07) is 7.68. The van der Waals surface area contributed by atoms with Crippen molar-refractivity contribution in [1.82, 2.24) is 10.6 Å². The largest absolute Gasteiger partial charge is 0.478 e. The minimum absolute atomic E-state index is 0.351. The van der Waals surface area contributed by atoms with E-state index in [4.69, 9.17) is 5.11 Å². The van der Waals surface area contributed by atoms with E-state index in [0.29, 0.717) is 17.5 Å². The van der Waals surface area contributed by atoms with Crippen LogP contribution < -0.4 is 10.6 Å². The van der Waals surface area contributed by atoms with Crippen LogP contribution in [0.1, 0.15) is 22.8 Å². The van der Waals surface area contributed by atoms with E-state index < -0.39 is 5.97 Å². The molecule has 18 heavy (non-hydrogen) atoms. The van der Waals surface area contributed by atoms with Gasteiger partial charge in [0.15, 0.2) is 0 Å². The third-order valence-electron chi connectivity index (χ3n) is 3.52. The first-order chi connectivity index (χ1) is 8.66. The molecule has 3 N–H and O–H groups in total. The Labute approximate surface area is 107 Å². The van der Waals surface area contributed by atoms with Gasteiger partial charge >= 0.3 is 5.97 Å². The Morgan fingerprint density at radius 2 is 2.11 bits per heavy atom. The number of hydrogen-bond donors (Lipinski definition) is 3. The predicted molar refractivity (Wildman–Crippen MR) is 70.9 cm³/mol. The molecule has 1 unspecified atom stereocenters. The zero-order chi connectivity index (χ0) is 13.0. The zero-order valence-electron chi connectivity index (χ0n) is 10.6. The first kappa shape index (κ1) is 13.1. The van der Waals surface area contributed by atoms with Crippen LogP contribution in [0.4, 0.5) is 0 Å². The normalized spacial score (nSPS) is 21.5. The monoisotopic (exact) mass is 248 g/mol. The number of benzene rings is 1. The summed E-state index contributed by atoms with van der Waals surface area (Å²) in [6.07, 6.45) is 0.971. The molecule has 98 valence electrons. The number of piperazine rings is 1. The van der Waals surface area contributed by atoms with E-state index in [1.54, 1.807) is 12.1 Å². The Bertz CT molecular complexity index is 397. The van der Waals surface area contributed by atoms with Crippen LogP contribution in [0.15, 0.2) is 24.3 Å². The van der Waals surface area contributed by atoms with Gasteiger partial charge in [0.1, 0.15) is 0 Å². The van der Waals surface area contributed by atoms with Crippen LogP contribution in [0.3, 0.4) is 0 Å². The standard InChI is InChI=1S/C14H20N2O2/c1-10(13-9-15-6-7-16-13)8-11-2-4-12(5-3-11)14(17)18/h2-5,10,13,15-16H,6-9H2,1H3,(H,17,18)/t10-,13?/m1/s1. The van der Waals surface area contributed by atoms with E-state index in [2.05, 4.69) is 17.6 Å². The molecule has 0 aromatic heterocycles. The SMILES string of the molecule is C[C@H](Cc1ccc(C(=O)O)cc1)C1CNCCN1. The Morgan fingerprint density at radius 3 is 2.67 bits per heavy atom. The van der Waals surface area contributed by atoms with Gasteiger partial charge in [0, 0.05) is 25.7 Å². The van der Waals surface area contributed by atoms with Crippen molar-refractivity contribution < 1.29 is 9.90 Å². The van der Waals surface area contributed by atoms with Crippen molar-refractivity contribution in [2.24, 2.45) is 5.92 Å². The van der Waals surface area contributed by atoms with Crippen LogP contribution in [-0.4, -0.2) is 36.8 Å². The van der Waals surface area contributed by atoms with Gasteiger partial charge in [-0.05, 0) is 30.0 Å². The Balaban J connectivity index is 1.93. The van der Waals surface area contributed by atoms with Crippen LogP contribution in [0.25, 0.3) is 0 Å². The first-order valence-electron chi connectivity index (χ1n) is 6.43. The summed E-state index contributed by atoms with van der Waals surface area (Å²) in [4.78, 5) is 10.8. The van der Waals surface area contributed by atoms with Gasteiger partial charge < -0.3 is 15.7 Å². The number of rotatable bonds is 4. The number of carbonyl (C=O) groups is 1. The summed E-state index contributed by atoms with van der Waals surface area (Å²) in [6.45, 7) is 5.30. The van der Waals surface area contributed by atoms with E-state index in [0.717, 1.165) is 26.1 Å². The second-order valence-electron chi connectivity index (χ2n) is 4.95. The van der Waals surface area contributed by atoms with Gasteiger partial charge in [-0.15, -0.1) is 0 Å². The van der Waals surface area contributed by atoms with Crippen molar-refractivity contribution in [3.63, 3.8) is 0 Å². The number of nitrogens with one attached hydrogen (secondary N) is 2. The van der Waals surface area contributed by atoms with Gasteiger partial charge in [0.2, 0.25) is 0 Å². The molecule has 0 amide bonds. The van der Waals surface area contributed by atoms with Crippen molar-refractivity contribution in [3.8, 4) is 0 Å². The first-order valence-corrected chi connectivity index (χ1v) is 6.43. The molecule has 2 atom stereocenters. The second kappa shape index (κ2) is 5.98.